The van der Waals surface area contributed by atoms with Crippen molar-refractivity contribution in [3.8, 4) is 0 Å². The molecule has 1 aliphatic rings. The van der Waals surface area contributed by atoms with Gasteiger partial charge in [-0.15, -0.1) is 5.10 Å². The number of carbonyl (C=O) groups excluding carboxylic acids is 1. The van der Waals surface area contributed by atoms with Crippen molar-refractivity contribution in [3.63, 3.8) is 0 Å². The average Bonchev–Trinajstić information content (AvgIpc) is 2.92. The smallest absolute Gasteiger partial charge is 0.308 e. The van der Waals surface area contributed by atoms with Crippen molar-refractivity contribution in [2.75, 3.05) is 11.4 Å². The van der Waals surface area contributed by atoms with Gasteiger partial charge in [0.2, 0.25) is 5.91 Å². The van der Waals surface area contributed by atoms with E-state index in [1.54, 1.807) is 0 Å². The molecule has 0 aromatic carbocycles. The van der Waals surface area contributed by atoms with Crippen LogP contribution in [-0.4, -0.2) is 49.8 Å². The molecule has 102 valence electrons. The van der Waals surface area contributed by atoms with Crippen LogP contribution in [0.2, 0.25) is 0 Å². The highest BCUT2D eigenvalue weighted by atomic mass is 16.4. The highest BCUT2D eigenvalue weighted by Gasteiger charge is 2.36. The third-order valence-corrected chi connectivity index (χ3v) is 2.81. The topological polar surface area (TPSA) is 136 Å². The van der Waals surface area contributed by atoms with Gasteiger partial charge in [0.15, 0.2) is 0 Å². The van der Waals surface area contributed by atoms with E-state index in [-0.39, 0.29) is 37.7 Å². The third-order valence-electron chi connectivity index (χ3n) is 2.81. The van der Waals surface area contributed by atoms with Crippen LogP contribution in [0.1, 0.15) is 18.7 Å². The van der Waals surface area contributed by atoms with Crippen molar-refractivity contribution in [3.05, 3.63) is 5.82 Å². The Hall–Kier alpha value is -2.45. The van der Waals surface area contributed by atoms with E-state index in [4.69, 9.17) is 10.2 Å². The molecule has 0 spiro atoms. The number of nitrogens with one attached hydrogen (secondary N) is 1. The average molecular weight is 268 g/mol. The first-order valence-corrected chi connectivity index (χ1v) is 5.63. The zero-order valence-corrected chi connectivity index (χ0v) is 9.87. The Kier molecular flexibility index (Phi) is 3.45. The van der Waals surface area contributed by atoms with Crippen LogP contribution < -0.4 is 4.90 Å². The standard InChI is InChI=1S/C10H12N4O5/c15-7-3-5(9(18)19)4-14(7)10-11-6(12-13-10)1-2-8(16)17/h5H,1-4H2,(H,16,17)(H,18,19)(H,11,12,13). The molecule has 1 atom stereocenters. The lowest BCUT2D eigenvalue weighted by atomic mass is 10.1. The lowest BCUT2D eigenvalue weighted by Gasteiger charge is -2.09. The number of carboxylic acid groups (broad SMARTS) is 2. The summed E-state index contributed by atoms with van der Waals surface area (Å²) in [6.07, 6.45) is 0.00138. The maximum Gasteiger partial charge on any atom is 0.308 e. The fraction of sp³-hybridized carbons (Fsp3) is 0.500. The van der Waals surface area contributed by atoms with E-state index in [0.717, 1.165) is 0 Å². The van der Waals surface area contributed by atoms with Gasteiger partial charge >= 0.3 is 11.9 Å². The first-order chi connectivity index (χ1) is 8.97. The Morgan fingerprint density at radius 2 is 2.16 bits per heavy atom. The van der Waals surface area contributed by atoms with E-state index < -0.39 is 17.9 Å². The van der Waals surface area contributed by atoms with Crippen molar-refractivity contribution in [2.45, 2.75) is 19.3 Å². The van der Waals surface area contributed by atoms with Crippen LogP contribution in [0.25, 0.3) is 0 Å². The summed E-state index contributed by atoms with van der Waals surface area (Å²) in [6, 6.07) is 0. The van der Waals surface area contributed by atoms with Crippen LogP contribution in [0.5, 0.6) is 0 Å². The van der Waals surface area contributed by atoms with Crippen LogP contribution in [0, 0.1) is 5.92 Å². The first kappa shape index (κ1) is 13.0. The van der Waals surface area contributed by atoms with Crippen molar-refractivity contribution in [1.82, 2.24) is 15.2 Å². The number of aromatic amines is 1. The molecule has 9 heteroatoms. The minimum Gasteiger partial charge on any atom is -0.481 e. The molecule has 3 N–H and O–H groups in total. The summed E-state index contributed by atoms with van der Waals surface area (Å²) in [5.41, 5.74) is 0. The summed E-state index contributed by atoms with van der Waals surface area (Å²) >= 11 is 0. The van der Waals surface area contributed by atoms with E-state index in [1.807, 2.05) is 0 Å². The molecule has 1 amide bonds. The molecule has 1 aromatic heterocycles. The predicted octanol–water partition coefficient (Wildman–Crippen LogP) is -0.741. The minimum absolute atomic E-state index is 0.0321. The quantitative estimate of drug-likeness (QED) is 0.639. The van der Waals surface area contributed by atoms with Crippen LogP contribution in [0.3, 0.4) is 0 Å². The van der Waals surface area contributed by atoms with Crippen molar-refractivity contribution in [2.24, 2.45) is 5.92 Å². The van der Waals surface area contributed by atoms with Gasteiger partial charge < -0.3 is 10.2 Å². The predicted molar refractivity (Wildman–Crippen MR) is 60.4 cm³/mol. The minimum atomic E-state index is -1.03. The number of amides is 1. The molecule has 1 aromatic rings. The first-order valence-electron chi connectivity index (χ1n) is 5.63. The number of hydrogen-bond donors (Lipinski definition) is 3. The van der Waals surface area contributed by atoms with E-state index in [1.165, 1.54) is 4.90 Å². The fourth-order valence-electron chi connectivity index (χ4n) is 1.81. The number of carboxylic acids is 2. The van der Waals surface area contributed by atoms with Crippen LogP contribution >= 0.6 is 0 Å². The van der Waals surface area contributed by atoms with Gasteiger partial charge in [-0.2, -0.15) is 4.98 Å². The van der Waals surface area contributed by atoms with Gasteiger partial charge in [0.05, 0.1) is 12.3 Å². The highest BCUT2D eigenvalue weighted by molar-refractivity contribution is 5.97. The molecule has 1 fully saturated rings. The molecule has 0 radical (unpaired) electrons. The Labute approximate surface area is 107 Å². The van der Waals surface area contributed by atoms with Crippen molar-refractivity contribution in [1.29, 1.82) is 0 Å². The number of rotatable bonds is 5. The van der Waals surface area contributed by atoms with Gasteiger partial charge in [0.1, 0.15) is 5.82 Å². The second-order valence-electron chi connectivity index (χ2n) is 4.22. The molecule has 2 rings (SSSR count). The maximum absolute atomic E-state index is 11.6. The van der Waals surface area contributed by atoms with Gasteiger partial charge in [-0.05, 0) is 0 Å². The Morgan fingerprint density at radius 1 is 1.42 bits per heavy atom. The Bertz CT molecular complexity index is 526. The summed E-state index contributed by atoms with van der Waals surface area (Å²) in [5.74, 6) is -2.65. The summed E-state index contributed by atoms with van der Waals surface area (Å²) in [5, 5.41) is 23.7. The summed E-state index contributed by atoms with van der Waals surface area (Å²) in [6.45, 7) is 0.0321. The molecule has 0 bridgehead atoms. The van der Waals surface area contributed by atoms with E-state index >= 15 is 0 Å². The molecule has 1 unspecified atom stereocenters. The maximum atomic E-state index is 11.6. The van der Waals surface area contributed by atoms with Crippen molar-refractivity contribution < 1.29 is 24.6 Å². The molecule has 9 nitrogen and oxygen atoms in total. The van der Waals surface area contributed by atoms with E-state index in [0.29, 0.717) is 5.82 Å². The number of anilines is 1. The van der Waals surface area contributed by atoms with Gasteiger partial charge in [-0.1, -0.05) is 0 Å². The Balaban J connectivity index is 2.04. The molecule has 0 saturated carbocycles. The zero-order valence-electron chi connectivity index (χ0n) is 9.87. The van der Waals surface area contributed by atoms with Gasteiger partial charge in [0.25, 0.3) is 5.95 Å². The molecule has 2 heterocycles. The third kappa shape index (κ3) is 2.87. The lowest BCUT2D eigenvalue weighted by Crippen LogP contribution is -2.26. The summed E-state index contributed by atoms with van der Waals surface area (Å²) in [4.78, 5) is 38.1. The number of hydrogen-bond acceptors (Lipinski definition) is 5. The number of aromatic nitrogens is 3. The number of aryl methyl sites for hydroxylation is 1. The second-order valence-corrected chi connectivity index (χ2v) is 4.22. The van der Waals surface area contributed by atoms with E-state index in [2.05, 4.69) is 15.2 Å². The molecule has 19 heavy (non-hydrogen) atoms. The molecule has 0 aliphatic carbocycles. The Morgan fingerprint density at radius 3 is 2.74 bits per heavy atom. The van der Waals surface area contributed by atoms with Crippen LogP contribution in [-0.2, 0) is 20.8 Å². The SMILES string of the molecule is O=C(O)CCc1nc(N2CC(C(=O)O)CC2=O)n[nH]1. The highest BCUT2D eigenvalue weighted by Crippen LogP contribution is 2.22. The van der Waals surface area contributed by atoms with E-state index in [9.17, 15) is 14.4 Å². The number of carbonyl (C=O) groups is 3. The zero-order chi connectivity index (χ0) is 14.0. The molecular weight excluding hydrogens is 256 g/mol. The lowest BCUT2D eigenvalue weighted by molar-refractivity contribution is -0.141. The molecular formula is C10H12N4O5. The van der Waals surface area contributed by atoms with Gasteiger partial charge in [-0.25, -0.2) is 0 Å². The van der Waals surface area contributed by atoms with Crippen molar-refractivity contribution >= 4 is 23.8 Å². The second kappa shape index (κ2) is 5.04. The summed E-state index contributed by atoms with van der Waals surface area (Å²) in [7, 11) is 0. The molecule has 1 aliphatic heterocycles. The number of aliphatic carboxylic acids is 2. The van der Waals surface area contributed by atoms with Crippen LogP contribution in [0.4, 0.5) is 5.95 Å². The largest absolute Gasteiger partial charge is 0.481 e. The van der Waals surface area contributed by atoms with Crippen LogP contribution in [0.15, 0.2) is 0 Å². The monoisotopic (exact) mass is 268 g/mol. The molecule has 1 saturated heterocycles. The summed E-state index contributed by atoms with van der Waals surface area (Å²) < 4.78 is 0. The normalized spacial score (nSPS) is 18.8. The van der Waals surface area contributed by atoms with Gasteiger partial charge in [0, 0.05) is 19.4 Å². The van der Waals surface area contributed by atoms with Gasteiger partial charge in [-0.3, -0.25) is 24.4 Å². The fourth-order valence-corrected chi connectivity index (χ4v) is 1.81. The number of H-pyrrole nitrogens is 1. The number of nitrogens with zero attached hydrogens (tertiary/aromatic N) is 3.